The number of nitro benzene ring substituents is 1. The standard InChI is InChI=1S/C23H24N4O7/c1-4-32-18-8-6-5-7-17(18)21(28)24-20(14(2)3)23(29)33-13-19-25-26-22(34-19)15-9-11-16(12-10-15)27(30)31/h5-12,14,20H,4,13H2,1-3H3,(H,24,28)/t20-/m0/s1. The third-order valence-corrected chi connectivity index (χ3v) is 4.77. The number of nitro groups is 1. The van der Waals surface area contributed by atoms with Crippen LogP contribution in [0.5, 0.6) is 5.75 Å². The molecule has 0 unspecified atom stereocenters. The fourth-order valence-electron chi connectivity index (χ4n) is 3.03. The molecule has 0 spiro atoms. The van der Waals surface area contributed by atoms with Crippen molar-refractivity contribution < 1.29 is 28.4 Å². The highest BCUT2D eigenvalue weighted by Crippen LogP contribution is 2.22. The van der Waals surface area contributed by atoms with E-state index >= 15 is 0 Å². The summed E-state index contributed by atoms with van der Waals surface area (Å²) in [5, 5.41) is 21.2. The second-order valence-corrected chi connectivity index (χ2v) is 7.54. The number of hydrogen-bond acceptors (Lipinski definition) is 9. The molecule has 1 heterocycles. The molecule has 0 radical (unpaired) electrons. The third-order valence-electron chi connectivity index (χ3n) is 4.77. The van der Waals surface area contributed by atoms with Crippen LogP contribution < -0.4 is 10.1 Å². The quantitative estimate of drug-likeness (QED) is 0.268. The predicted molar refractivity (Wildman–Crippen MR) is 120 cm³/mol. The van der Waals surface area contributed by atoms with Crippen LogP contribution in [0.15, 0.2) is 52.9 Å². The Morgan fingerprint density at radius 1 is 1.12 bits per heavy atom. The largest absolute Gasteiger partial charge is 0.493 e. The summed E-state index contributed by atoms with van der Waals surface area (Å²) in [6.07, 6.45) is 0. The molecule has 178 valence electrons. The van der Waals surface area contributed by atoms with Gasteiger partial charge in [-0.15, -0.1) is 10.2 Å². The molecular formula is C23H24N4O7. The maximum absolute atomic E-state index is 12.8. The number of aromatic nitrogens is 2. The van der Waals surface area contributed by atoms with Gasteiger partial charge in [-0.3, -0.25) is 14.9 Å². The molecule has 0 saturated heterocycles. The number of carbonyl (C=O) groups is 2. The Labute approximate surface area is 195 Å². The van der Waals surface area contributed by atoms with Crippen molar-refractivity contribution in [1.29, 1.82) is 0 Å². The number of carbonyl (C=O) groups excluding carboxylic acids is 2. The molecule has 3 aromatic rings. The van der Waals surface area contributed by atoms with Gasteiger partial charge >= 0.3 is 5.97 Å². The molecule has 0 bridgehead atoms. The minimum absolute atomic E-state index is 0.0391. The van der Waals surface area contributed by atoms with E-state index < -0.39 is 22.8 Å². The summed E-state index contributed by atoms with van der Waals surface area (Å²) in [6.45, 7) is 5.47. The number of nitrogens with zero attached hydrogens (tertiary/aromatic N) is 3. The number of amides is 1. The number of benzene rings is 2. The molecule has 3 rings (SSSR count). The Hall–Kier alpha value is -4.28. The zero-order valence-electron chi connectivity index (χ0n) is 18.9. The second-order valence-electron chi connectivity index (χ2n) is 7.54. The minimum Gasteiger partial charge on any atom is -0.493 e. The van der Waals surface area contributed by atoms with Crippen molar-refractivity contribution in [2.24, 2.45) is 5.92 Å². The summed E-state index contributed by atoms with van der Waals surface area (Å²) >= 11 is 0. The fraction of sp³-hybridized carbons (Fsp3) is 0.304. The van der Waals surface area contributed by atoms with Crippen molar-refractivity contribution in [3.8, 4) is 17.2 Å². The van der Waals surface area contributed by atoms with Crippen LogP contribution in [0.2, 0.25) is 0 Å². The lowest BCUT2D eigenvalue weighted by molar-refractivity contribution is -0.384. The lowest BCUT2D eigenvalue weighted by atomic mass is 10.0. The minimum atomic E-state index is -0.917. The normalized spacial score (nSPS) is 11.6. The van der Waals surface area contributed by atoms with Crippen LogP contribution in [-0.2, 0) is 16.1 Å². The highest BCUT2D eigenvalue weighted by atomic mass is 16.6. The summed E-state index contributed by atoms with van der Waals surface area (Å²) < 4.78 is 16.3. The molecule has 34 heavy (non-hydrogen) atoms. The number of esters is 1. The van der Waals surface area contributed by atoms with Crippen LogP contribution in [-0.4, -0.2) is 39.6 Å². The maximum Gasteiger partial charge on any atom is 0.329 e. The first-order valence-corrected chi connectivity index (χ1v) is 10.6. The van der Waals surface area contributed by atoms with Crippen molar-refractivity contribution in [3.05, 3.63) is 70.1 Å². The Bertz CT molecular complexity index is 1160. The number of rotatable bonds is 10. The molecule has 0 aliphatic rings. The lowest BCUT2D eigenvalue weighted by Crippen LogP contribution is -2.45. The SMILES string of the molecule is CCOc1ccccc1C(=O)N[C@H](C(=O)OCc1nnc(-c2ccc([N+](=O)[O-])cc2)o1)C(C)C. The van der Waals surface area contributed by atoms with Gasteiger partial charge < -0.3 is 19.2 Å². The van der Waals surface area contributed by atoms with Crippen molar-refractivity contribution in [2.45, 2.75) is 33.4 Å². The molecule has 0 saturated carbocycles. The van der Waals surface area contributed by atoms with Crippen LogP contribution >= 0.6 is 0 Å². The van der Waals surface area contributed by atoms with Gasteiger partial charge in [0.05, 0.1) is 17.1 Å². The van der Waals surface area contributed by atoms with Gasteiger partial charge in [-0.1, -0.05) is 26.0 Å². The average molecular weight is 468 g/mol. The van der Waals surface area contributed by atoms with E-state index in [1.165, 1.54) is 24.3 Å². The number of non-ortho nitro benzene ring substituents is 1. The monoisotopic (exact) mass is 468 g/mol. The van der Waals surface area contributed by atoms with E-state index in [0.717, 1.165) is 0 Å². The molecule has 11 nitrogen and oxygen atoms in total. The van der Waals surface area contributed by atoms with Crippen LogP contribution in [0.3, 0.4) is 0 Å². The molecule has 0 aliphatic carbocycles. The molecule has 11 heteroatoms. The zero-order valence-corrected chi connectivity index (χ0v) is 18.9. The molecular weight excluding hydrogens is 444 g/mol. The first-order chi connectivity index (χ1) is 16.3. The van der Waals surface area contributed by atoms with E-state index in [0.29, 0.717) is 23.5 Å². The lowest BCUT2D eigenvalue weighted by Gasteiger charge is -2.21. The van der Waals surface area contributed by atoms with E-state index in [1.807, 2.05) is 6.92 Å². The van der Waals surface area contributed by atoms with Gasteiger partial charge in [0.15, 0.2) is 6.61 Å². The van der Waals surface area contributed by atoms with Gasteiger partial charge in [-0.25, -0.2) is 4.79 Å². The number of nitrogens with one attached hydrogen (secondary N) is 1. The van der Waals surface area contributed by atoms with Crippen LogP contribution in [0, 0.1) is 16.0 Å². The van der Waals surface area contributed by atoms with Gasteiger partial charge in [0, 0.05) is 17.7 Å². The van der Waals surface area contributed by atoms with Gasteiger partial charge in [0.2, 0.25) is 5.89 Å². The Balaban J connectivity index is 1.63. The number of hydrogen-bond donors (Lipinski definition) is 1. The summed E-state index contributed by atoms with van der Waals surface area (Å²) in [4.78, 5) is 35.7. The third kappa shape index (κ3) is 5.94. The first kappa shape index (κ1) is 24.4. The molecule has 0 aliphatic heterocycles. The number of ether oxygens (including phenoxy) is 2. The van der Waals surface area contributed by atoms with E-state index in [1.54, 1.807) is 38.1 Å². The van der Waals surface area contributed by atoms with E-state index in [4.69, 9.17) is 13.9 Å². The van der Waals surface area contributed by atoms with Gasteiger partial charge in [0.25, 0.3) is 17.5 Å². The fourth-order valence-corrected chi connectivity index (χ4v) is 3.03. The number of para-hydroxylation sites is 1. The van der Waals surface area contributed by atoms with Gasteiger partial charge in [0.1, 0.15) is 11.8 Å². The average Bonchev–Trinajstić information content (AvgIpc) is 3.30. The Kier molecular flexibility index (Phi) is 7.91. The molecule has 1 atom stereocenters. The summed E-state index contributed by atoms with van der Waals surface area (Å²) in [6, 6.07) is 11.4. The van der Waals surface area contributed by atoms with Crippen molar-refractivity contribution in [2.75, 3.05) is 6.61 Å². The molecule has 2 aromatic carbocycles. The van der Waals surface area contributed by atoms with Crippen molar-refractivity contribution in [1.82, 2.24) is 15.5 Å². The summed E-state index contributed by atoms with van der Waals surface area (Å²) in [5.41, 5.74) is 0.728. The highest BCUT2D eigenvalue weighted by molar-refractivity contribution is 5.99. The van der Waals surface area contributed by atoms with Crippen molar-refractivity contribution >= 4 is 17.6 Å². The predicted octanol–water partition coefficient (Wildman–Crippen LogP) is 3.54. The Morgan fingerprint density at radius 2 is 1.82 bits per heavy atom. The van der Waals surface area contributed by atoms with Crippen LogP contribution in [0.1, 0.15) is 37.0 Å². The van der Waals surface area contributed by atoms with Gasteiger partial charge in [-0.05, 0) is 37.1 Å². The van der Waals surface area contributed by atoms with E-state index in [-0.39, 0.29) is 30.0 Å². The molecule has 0 fully saturated rings. The van der Waals surface area contributed by atoms with E-state index in [9.17, 15) is 19.7 Å². The molecule has 1 aromatic heterocycles. The van der Waals surface area contributed by atoms with Crippen molar-refractivity contribution in [3.63, 3.8) is 0 Å². The van der Waals surface area contributed by atoms with E-state index in [2.05, 4.69) is 15.5 Å². The molecule has 1 N–H and O–H groups in total. The molecule has 1 amide bonds. The van der Waals surface area contributed by atoms with Crippen LogP contribution in [0.25, 0.3) is 11.5 Å². The topological polar surface area (TPSA) is 147 Å². The second kappa shape index (κ2) is 11.0. The maximum atomic E-state index is 12.8. The summed E-state index contributed by atoms with van der Waals surface area (Å²) in [5.74, 6) is -0.790. The highest BCUT2D eigenvalue weighted by Gasteiger charge is 2.28. The van der Waals surface area contributed by atoms with Gasteiger partial charge in [-0.2, -0.15) is 0 Å². The van der Waals surface area contributed by atoms with Crippen LogP contribution in [0.4, 0.5) is 5.69 Å². The summed E-state index contributed by atoms with van der Waals surface area (Å²) in [7, 11) is 0. The smallest absolute Gasteiger partial charge is 0.329 e. The zero-order chi connectivity index (χ0) is 24.7. The first-order valence-electron chi connectivity index (χ1n) is 10.6. The Morgan fingerprint density at radius 3 is 2.47 bits per heavy atom.